The fourth-order valence-electron chi connectivity index (χ4n) is 2.91. The third-order valence-corrected chi connectivity index (χ3v) is 4.00. The van der Waals surface area contributed by atoms with Crippen molar-refractivity contribution >= 4 is 6.09 Å². The summed E-state index contributed by atoms with van der Waals surface area (Å²) in [5.74, 6) is 0. The molecule has 2 saturated heterocycles. The number of ether oxygens (including phenoxy) is 1. The molecule has 0 bridgehead atoms. The molecule has 0 aromatic rings. The van der Waals surface area contributed by atoms with Gasteiger partial charge in [-0.25, -0.2) is 4.79 Å². The van der Waals surface area contributed by atoms with Crippen molar-refractivity contribution in [3.05, 3.63) is 0 Å². The number of halogens is 3. The van der Waals surface area contributed by atoms with Crippen LogP contribution in [0.15, 0.2) is 0 Å². The fourth-order valence-corrected chi connectivity index (χ4v) is 2.91. The Morgan fingerprint density at radius 1 is 1.25 bits per heavy atom. The van der Waals surface area contributed by atoms with Gasteiger partial charge in [0, 0.05) is 31.1 Å². The highest BCUT2D eigenvalue weighted by molar-refractivity contribution is 5.69. The number of rotatable bonds is 1. The first-order valence-electron chi connectivity index (χ1n) is 6.71. The number of carbonyl (C=O) groups excluding carboxylic acids is 1. The third kappa shape index (κ3) is 3.02. The van der Waals surface area contributed by atoms with Gasteiger partial charge in [0.15, 0.2) is 0 Å². The number of amides is 1. The lowest BCUT2D eigenvalue weighted by Crippen LogP contribution is -2.77. The zero-order chi connectivity index (χ0) is 15.3. The topological polar surface area (TPSA) is 32.8 Å². The molecule has 0 radical (unpaired) electrons. The van der Waals surface area contributed by atoms with Crippen molar-refractivity contribution < 1.29 is 22.7 Å². The number of likely N-dealkylation sites (tertiary alicyclic amines) is 2. The van der Waals surface area contributed by atoms with Crippen molar-refractivity contribution in [1.29, 1.82) is 0 Å². The van der Waals surface area contributed by atoms with E-state index in [0.29, 0.717) is 19.6 Å². The molecule has 2 heterocycles. The van der Waals surface area contributed by atoms with Crippen molar-refractivity contribution in [2.45, 2.75) is 45.5 Å². The van der Waals surface area contributed by atoms with Crippen LogP contribution in [0.5, 0.6) is 0 Å². The van der Waals surface area contributed by atoms with Crippen LogP contribution in [0.4, 0.5) is 18.0 Å². The van der Waals surface area contributed by atoms with Crippen molar-refractivity contribution in [2.24, 2.45) is 5.41 Å². The van der Waals surface area contributed by atoms with E-state index in [1.165, 1.54) is 4.90 Å². The predicted molar refractivity (Wildman–Crippen MR) is 67.3 cm³/mol. The Hall–Kier alpha value is -0.980. The summed E-state index contributed by atoms with van der Waals surface area (Å²) in [4.78, 5) is 14.8. The first kappa shape index (κ1) is 15.4. The van der Waals surface area contributed by atoms with Gasteiger partial charge in [-0.3, -0.25) is 4.90 Å². The average Bonchev–Trinajstić information content (AvgIpc) is 2.15. The second-order valence-corrected chi connectivity index (χ2v) is 6.89. The second kappa shape index (κ2) is 4.51. The third-order valence-electron chi connectivity index (χ3n) is 4.00. The van der Waals surface area contributed by atoms with Crippen molar-refractivity contribution in [3.63, 3.8) is 0 Å². The average molecular weight is 294 g/mol. The molecule has 2 fully saturated rings. The molecule has 0 aromatic heterocycles. The highest BCUT2D eigenvalue weighted by atomic mass is 19.4. The molecule has 2 aliphatic rings. The van der Waals surface area contributed by atoms with Gasteiger partial charge in [0.2, 0.25) is 0 Å². The fraction of sp³-hybridized carbons (Fsp3) is 0.923. The van der Waals surface area contributed by atoms with Crippen LogP contribution in [0, 0.1) is 5.41 Å². The summed E-state index contributed by atoms with van der Waals surface area (Å²) in [6.45, 7) is 7.65. The molecule has 0 aromatic carbocycles. The van der Waals surface area contributed by atoms with Crippen LogP contribution in [-0.2, 0) is 4.74 Å². The molecule has 4 nitrogen and oxygen atoms in total. The van der Waals surface area contributed by atoms with E-state index < -0.39 is 18.3 Å². The quantitative estimate of drug-likeness (QED) is 0.745. The summed E-state index contributed by atoms with van der Waals surface area (Å²) in [6.07, 6.45) is -4.55. The largest absolute Gasteiger partial charge is 0.444 e. The van der Waals surface area contributed by atoms with E-state index in [4.69, 9.17) is 4.74 Å². The molecule has 0 N–H and O–H groups in total. The molecular weight excluding hydrogens is 273 g/mol. The molecule has 1 atom stereocenters. The van der Waals surface area contributed by atoms with Crippen LogP contribution in [0.3, 0.4) is 0 Å². The Labute approximate surface area is 116 Å². The Balaban J connectivity index is 1.81. The van der Waals surface area contributed by atoms with Gasteiger partial charge in [0.1, 0.15) is 5.60 Å². The van der Waals surface area contributed by atoms with Gasteiger partial charge in [0.05, 0.1) is 6.54 Å². The van der Waals surface area contributed by atoms with E-state index in [1.807, 2.05) is 0 Å². The minimum Gasteiger partial charge on any atom is -0.444 e. The number of hydrogen-bond donors (Lipinski definition) is 0. The maximum Gasteiger partial charge on any atom is 0.410 e. The highest BCUT2D eigenvalue weighted by Gasteiger charge is 2.60. The van der Waals surface area contributed by atoms with Crippen LogP contribution < -0.4 is 0 Å². The summed E-state index contributed by atoms with van der Waals surface area (Å²) in [5, 5.41) is 0. The minimum atomic E-state index is -4.16. The Morgan fingerprint density at radius 3 is 2.20 bits per heavy atom. The van der Waals surface area contributed by atoms with Crippen LogP contribution >= 0.6 is 0 Å². The van der Waals surface area contributed by atoms with Crippen molar-refractivity contribution in [2.75, 3.05) is 26.2 Å². The Kier molecular flexibility index (Phi) is 3.48. The van der Waals surface area contributed by atoms with Gasteiger partial charge in [-0.15, -0.1) is 0 Å². The Morgan fingerprint density at radius 2 is 1.80 bits per heavy atom. The standard InChI is InChI=1S/C13H21F3N2O2/c1-9-12(5-17(9)8-13(14,15)16)6-18(7-12)10(19)20-11(2,3)4/h9H,5-8H2,1-4H3. The van der Waals surface area contributed by atoms with Gasteiger partial charge in [0.25, 0.3) is 0 Å². The molecule has 2 aliphatic heterocycles. The molecule has 1 amide bonds. The van der Waals surface area contributed by atoms with Crippen LogP contribution in [0.2, 0.25) is 0 Å². The SMILES string of the molecule is CC1N(CC(F)(F)F)CC12CN(C(=O)OC(C)(C)C)C2. The van der Waals surface area contributed by atoms with E-state index in [-0.39, 0.29) is 17.6 Å². The number of carbonyl (C=O) groups is 1. The maximum atomic E-state index is 12.3. The molecule has 0 saturated carbocycles. The summed E-state index contributed by atoms with van der Waals surface area (Å²) in [6, 6.07) is -0.150. The number of nitrogens with zero attached hydrogens (tertiary/aromatic N) is 2. The highest BCUT2D eigenvalue weighted by Crippen LogP contribution is 2.46. The van der Waals surface area contributed by atoms with Crippen LogP contribution in [0.25, 0.3) is 0 Å². The smallest absolute Gasteiger partial charge is 0.410 e. The van der Waals surface area contributed by atoms with Gasteiger partial charge < -0.3 is 9.64 Å². The first-order chi connectivity index (χ1) is 8.92. The van der Waals surface area contributed by atoms with Crippen molar-refractivity contribution in [1.82, 2.24) is 9.80 Å². The lowest BCUT2D eigenvalue weighted by molar-refractivity contribution is -0.211. The maximum absolute atomic E-state index is 12.3. The monoisotopic (exact) mass is 294 g/mol. The second-order valence-electron chi connectivity index (χ2n) is 6.89. The van der Waals surface area contributed by atoms with Gasteiger partial charge >= 0.3 is 12.3 Å². The molecule has 2 rings (SSSR count). The summed E-state index contributed by atoms with van der Waals surface area (Å²) in [5.41, 5.74) is -0.727. The molecule has 20 heavy (non-hydrogen) atoms. The van der Waals surface area contributed by atoms with Gasteiger partial charge in [-0.1, -0.05) is 0 Å². The van der Waals surface area contributed by atoms with E-state index in [1.54, 1.807) is 32.6 Å². The molecule has 116 valence electrons. The normalized spacial score (nSPS) is 26.1. The van der Waals surface area contributed by atoms with Crippen LogP contribution in [0.1, 0.15) is 27.7 Å². The molecule has 1 unspecified atom stereocenters. The van der Waals surface area contributed by atoms with Crippen LogP contribution in [-0.4, -0.2) is 59.9 Å². The summed E-state index contributed by atoms with van der Waals surface area (Å²) in [7, 11) is 0. The molecule has 1 spiro atoms. The number of hydrogen-bond acceptors (Lipinski definition) is 3. The first-order valence-corrected chi connectivity index (χ1v) is 6.71. The lowest BCUT2D eigenvalue weighted by atomic mass is 9.66. The lowest BCUT2D eigenvalue weighted by Gasteiger charge is -2.64. The van der Waals surface area contributed by atoms with Gasteiger partial charge in [-0.2, -0.15) is 13.2 Å². The van der Waals surface area contributed by atoms with Gasteiger partial charge in [-0.05, 0) is 27.7 Å². The molecular formula is C13H21F3N2O2. The predicted octanol–water partition coefficient (Wildman–Crippen LogP) is 2.49. The Bertz CT molecular complexity index is 397. The van der Waals surface area contributed by atoms with E-state index in [9.17, 15) is 18.0 Å². The number of alkyl halides is 3. The van der Waals surface area contributed by atoms with Crippen molar-refractivity contribution in [3.8, 4) is 0 Å². The molecule has 0 aliphatic carbocycles. The van der Waals surface area contributed by atoms with E-state index in [0.717, 1.165) is 0 Å². The summed E-state index contributed by atoms with van der Waals surface area (Å²) >= 11 is 0. The van der Waals surface area contributed by atoms with E-state index in [2.05, 4.69) is 0 Å². The van der Waals surface area contributed by atoms with E-state index >= 15 is 0 Å². The zero-order valence-electron chi connectivity index (χ0n) is 12.3. The minimum absolute atomic E-state index is 0.150. The molecule has 7 heteroatoms. The summed E-state index contributed by atoms with van der Waals surface area (Å²) < 4.78 is 42.3. The zero-order valence-corrected chi connectivity index (χ0v) is 12.3.